The zero-order valence-corrected chi connectivity index (χ0v) is 19.4. The summed E-state index contributed by atoms with van der Waals surface area (Å²) in [5.74, 6) is -2.81. The molecule has 1 fully saturated rings. The maximum Gasteiger partial charge on any atom is 0.440 e. The second kappa shape index (κ2) is 9.22. The summed E-state index contributed by atoms with van der Waals surface area (Å²) in [6.45, 7) is 0. The molecule has 3 aromatic rings. The van der Waals surface area contributed by atoms with Crippen molar-refractivity contribution in [3.05, 3.63) is 28.1 Å². The van der Waals surface area contributed by atoms with Crippen LogP contribution in [0.5, 0.6) is 5.88 Å². The summed E-state index contributed by atoms with van der Waals surface area (Å²) >= 11 is 0.757. The first kappa shape index (κ1) is 27.3. The Bertz CT molecular complexity index is 1410. The molecule has 1 atom stereocenters. The monoisotopic (exact) mass is 573 g/mol. The summed E-state index contributed by atoms with van der Waals surface area (Å²) in [5.41, 5.74) is -3.80. The number of hydrogen-bond acceptors (Lipinski definition) is 7. The zero-order chi connectivity index (χ0) is 28.2. The first-order valence-electron chi connectivity index (χ1n) is 10.3. The van der Waals surface area contributed by atoms with Gasteiger partial charge in [-0.3, -0.25) is 9.48 Å². The van der Waals surface area contributed by atoms with E-state index in [9.17, 15) is 49.6 Å². The van der Waals surface area contributed by atoms with Gasteiger partial charge in [0.2, 0.25) is 0 Å². The zero-order valence-electron chi connectivity index (χ0n) is 18.5. The largest absolute Gasteiger partial charge is 0.440 e. The predicted molar refractivity (Wildman–Crippen MR) is 109 cm³/mol. The maximum absolute atomic E-state index is 13.8. The van der Waals surface area contributed by atoms with Gasteiger partial charge in [0, 0.05) is 19.2 Å². The summed E-state index contributed by atoms with van der Waals surface area (Å²) in [6, 6.07) is 3.92. The van der Waals surface area contributed by atoms with Gasteiger partial charge in [-0.2, -0.15) is 40.4 Å². The summed E-state index contributed by atoms with van der Waals surface area (Å²) in [5, 5.41) is 18.5. The number of nitrogens with one attached hydrogen (secondary N) is 1. The van der Waals surface area contributed by atoms with Crippen LogP contribution >= 0.6 is 11.3 Å². The van der Waals surface area contributed by atoms with Crippen LogP contribution in [0.3, 0.4) is 0 Å². The number of carbonyl (C=O) groups excluding carboxylic acids is 1. The molecule has 1 aliphatic carbocycles. The van der Waals surface area contributed by atoms with Gasteiger partial charge >= 0.3 is 18.5 Å². The number of thiophene rings is 1. The molecule has 1 N–H and O–H groups in total. The Labute approximate surface area is 209 Å². The highest BCUT2D eigenvalue weighted by Gasteiger charge is 2.60. The van der Waals surface area contributed by atoms with E-state index in [1.165, 1.54) is 6.07 Å². The highest BCUT2D eigenvalue weighted by molar-refractivity contribution is 7.16. The van der Waals surface area contributed by atoms with Crippen LogP contribution in [-0.2, 0) is 13.2 Å². The van der Waals surface area contributed by atoms with E-state index in [2.05, 4.69) is 20.3 Å². The van der Waals surface area contributed by atoms with Crippen molar-refractivity contribution in [1.29, 1.82) is 5.26 Å². The van der Waals surface area contributed by atoms with E-state index < -0.39 is 53.4 Å². The van der Waals surface area contributed by atoms with Crippen LogP contribution in [0, 0.1) is 11.3 Å². The Hall–Kier alpha value is -3.75. The smallest absolute Gasteiger partial charge is 0.410 e. The first-order chi connectivity index (χ1) is 17.5. The molecule has 0 saturated heterocycles. The highest BCUT2D eigenvalue weighted by Crippen LogP contribution is 2.46. The number of ether oxygens (including phenoxy) is 1. The number of rotatable bonds is 7. The lowest BCUT2D eigenvalue weighted by Crippen LogP contribution is -2.46. The third kappa shape index (κ3) is 5.28. The van der Waals surface area contributed by atoms with Crippen LogP contribution in [0.25, 0.3) is 22.0 Å². The summed E-state index contributed by atoms with van der Waals surface area (Å²) in [7, 11) is 0.819. The van der Waals surface area contributed by atoms with Crippen molar-refractivity contribution in [1.82, 2.24) is 20.3 Å². The number of aromatic nitrogens is 3. The van der Waals surface area contributed by atoms with E-state index in [1.807, 2.05) is 6.07 Å². The van der Waals surface area contributed by atoms with Crippen LogP contribution in [0.1, 0.15) is 33.6 Å². The van der Waals surface area contributed by atoms with Gasteiger partial charge in [0.05, 0.1) is 10.4 Å². The Morgan fingerprint density at radius 2 is 1.89 bits per heavy atom. The van der Waals surface area contributed by atoms with Gasteiger partial charge in [0.1, 0.15) is 27.9 Å². The van der Waals surface area contributed by atoms with Crippen LogP contribution < -0.4 is 10.1 Å². The summed E-state index contributed by atoms with van der Waals surface area (Å²) in [6.07, 6.45) is -20.8. The lowest BCUT2D eigenvalue weighted by Gasteiger charge is -2.22. The minimum Gasteiger partial charge on any atom is -0.410 e. The standard InChI is InChI=1S/C20H12F9N5O3S/c1-34-14(13(18(22,23)24)16(32-34)36-20(28,29)17(21)19(25,26)27)9-5-10(37-33-9)11-4-8(12(6-30)38-11)15(35)31-7-2-3-7/h4-5,7,17H,2-3H2,1H3,(H,31,35). The highest BCUT2D eigenvalue weighted by atomic mass is 32.1. The number of hydrogen-bond donors (Lipinski definition) is 1. The topological polar surface area (TPSA) is 106 Å². The van der Waals surface area contributed by atoms with Crippen LogP contribution in [-0.4, -0.2) is 45.3 Å². The lowest BCUT2D eigenvalue weighted by atomic mass is 10.1. The van der Waals surface area contributed by atoms with Gasteiger partial charge in [0.25, 0.3) is 18.0 Å². The molecule has 0 bridgehead atoms. The average molecular weight is 573 g/mol. The molecule has 8 nitrogen and oxygen atoms in total. The number of nitrogens with zero attached hydrogens (tertiary/aromatic N) is 4. The van der Waals surface area contributed by atoms with Gasteiger partial charge < -0.3 is 14.6 Å². The maximum atomic E-state index is 13.8. The molecule has 1 unspecified atom stereocenters. The van der Waals surface area contributed by atoms with Gasteiger partial charge in [-0.15, -0.1) is 16.4 Å². The number of halogens is 9. The van der Waals surface area contributed by atoms with Gasteiger partial charge in [-0.1, -0.05) is 5.16 Å². The number of carbonyl (C=O) groups is 1. The molecule has 1 amide bonds. The number of nitriles is 1. The summed E-state index contributed by atoms with van der Waals surface area (Å²) in [4.78, 5) is 12.4. The Kier molecular flexibility index (Phi) is 6.62. The molecular formula is C20H12F9N5O3S. The van der Waals surface area contributed by atoms with E-state index in [0.717, 1.165) is 37.3 Å². The van der Waals surface area contributed by atoms with E-state index in [0.29, 0.717) is 4.68 Å². The second-order valence-corrected chi connectivity index (χ2v) is 9.06. The fourth-order valence-electron chi connectivity index (χ4n) is 3.25. The van der Waals surface area contributed by atoms with E-state index in [4.69, 9.17) is 4.52 Å². The number of alkyl halides is 9. The molecule has 38 heavy (non-hydrogen) atoms. The Morgan fingerprint density at radius 3 is 2.45 bits per heavy atom. The molecule has 18 heteroatoms. The molecule has 4 rings (SSSR count). The van der Waals surface area contributed by atoms with Gasteiger partial charge in [-0.25, -0.2) is 4.39 Å². The molecule has 1 saturated carbocycles. The molecule has 0 aliphatic heterocycles. The molecule has 0 spiro atoms. The third-order valence-corrected chi connectivity index (χ3v) is 6.15. The van der Waals surface area contributed by atoms with Crippen molar-refractivity contribution in [2.45, 2.75) is 43.5 Å². The van der Waals surface area contributed by atoms with Crippen LogP contribution in [0.15, 0.2) is 16.7 Å². The van der Waals surface area contributed by atoms with Crippen molar-refractivity contribution in [2.75, 3.05) is 0 Å². The Morgan fingerprint density at radius 1 is 1.24 bits per heavy atom. The quantitative estimate of drug-likeness (QED) is 0.377. The molecular weight excluding hydrogens is 561 g/mol. The third-order valence-electron chi connectivity index (χ3n) is 5.10. The fraction of sp³-hybridized carbons (Fsp3) is 0.400. The summed E-state index contributed by atoms with van der Waals surface area (Å²) < 4.78 is 128. The van der Waals surface area contributed by atoms with Crippen molar-refractivity contribution < 1.29 is 53.6 Å². The van der Waals surface area contributed by atoms with Gasteiger partial charge in [0.15, 0.2) is 5.76 Å². The lowest BCUT2D eigenvalue weighted by molar-refractivity contribution is -0.306. The minimum absolute atomic E-state index is 0.0165. The van der Waals surface area contributed by atoms with E-state index in [1.54, 1.807) is 0 Å². The fourth-order valence-corrected chi connectivity index (χ4v) is 4.15. The average Bonchev–Trinajstić information content (AvgIpc) is 3.19. The Balaban J connectivity index is 1.72. The molecule has 0 radical (unpaired) electrons. The molecule has 204 valence electrons. The van der Waals surface area contributed by atoms with Crippen molar-refractivity contribution >= 4 is 17.2 Å². The molecule has 1 aliphatic rings. The normalized spacial score (nSPS) is 15.3. The molecule has 0 aromatic carbocycles. The van der Waals surface area contributed by atoms with Crippen LogP contribution in [0.2, 0.25) is 0 Å². The molecule has 3 aromatic heterocycles. The van der Waals surface area contributed by atoms with Crippen molar-refractivity contribution in [3.63, 3.8) is 0 Å². The minimum atomic E-state index is -6.14. The van der Waals surface area contributed by atoms with Crippen molar-refractivity contribution in [2.24, 2.45) is 7.05 Å². The van der Waals surface area contributed by atoms with Crippen LogP contribution in [0.4, 0.5) is 39.5 Å². The van der Waals surface area contributed by atoms with Gasteiger partial charge in [-0.05, 0) is 18.9 Å². The predicted octanol–water partition coefficient (Wildman–Crippen LogP) is 5.46. The number of amides is 1. The number of aryl methyl sites for hydroxylation is 1. The SMILES string of the molecule is Cn1nc(OC(F)(F)C(F)C(F)(F)F)c(C(F)(F)F)c1-c1cc(-c2cc(C(=O)NC3CC3)c(C#N)s2)on1. The van der Waals surface area contributed by atoms with Crippen molar-refractivity contribution in [3.8, 4) is 34.0 Å². The first-order valence-corrected chi connectivity index (χ1v) is 11.1. The van der Waals surface area contributed by atoms with E-state index in [-0.39, 0.29) is 27.1 Å². The second-order valence-electron chi connectivity index (χ2n) is 8.01. The van der Waals surface area contributed by atoms with E-state index >= 15 is 0 Å². The molecule has 3 heterocycles.